The molecular formula is C15H20N4OS2. The van der Waals surface area contributed by atoms with Crippen LogP contribution in [0.15, 0.2) is 28.6 Å². The number of hydrogen-bond donors (Lipinski definition) is 2. The lowest BCUT2D eigenvalue weighted by atomic mass is 10.1. The van der Waals surface area contributed by atoms with Gasteiger partial charge in [-0.3, -0.25) is 4.79 Å². The normalized spacial score (nSPS) is 12.0. The van der Waals surface area contributed by atoms with Crippen LogP contribution in [0.3, 0.4) is 0 Å². The Kier molecular flexibility index (Phi) is 6.21. The molecule has 1 unspecified atom stereocenters. The van der Waals surface area contributed by atoms with Crippen LogP contribution in [0, 0.1) is 0 Å². The molecule has 0 bridgehead atoms. The number of hydrogen-bond acceptors (Lipinski definition) is 6. The maximum absolute atomic E-state index is 12.2. The number of carbonyl (C=O) groups is 1. The fraction of sp³-hybridized carbons (Fsp3) is 0.400. The van der Waals surface area contributed by atoms with Crippen LogP contribution in [0.5, 0.6) is 0 Å². The quantitative estimate of drug-likeness (QED) is 0.756. The van der Waals surface area contributed by atoms with E-state index in [4.69, 9.17) is 0 Å². The number of thioether (sulfide) groups is 1. The Hall–Kier alpha value is -1.60. The monoisotopic (exact) mass is 336 g/mol. The molecule has 0 spiro atoms. The Morgan fingerprint density at radius 1 is 1.27 bits per heavy atom. The molecule has 1 amide bonds. The van der Waals surface area contributed by atoms with Crippen LogP contribution in [-0.4, -0.2) is 27.9 Å². The number of carbonyl (C=O) groups excluding carboxylic acids is 1. The highest BCUT2D eigenvalue weighted by Crippen LogP contribution is 2.29. The summed E-state index contributed by atoms with van der Waals surface area (Å²) >= 11 is 2.88. The second kappa shape index (κ2) is 8.14. The topological polar surface area (TPSA) is 66.9 Å². The highest BCUT2D eigenvalue weighted by Gasteiger charge is 2.17. The maximum atomic E-state index is 12.2. The zero-order chi connectivity index (χ0) is 15.9. The Morgan fingerprint density at radius 3 is 2.64 bits per heavy atom. The Balaban J connectivity index is 1.90. The molecule has 0 saturated carbocycles. The van der Waals surface area contributed by atoms with Gasteiger partial charge in [-0.2, -0.15) is 0 Å². The minimum Gasteiger partial charge on any atom is -0.360 e. The molecule has 0 saturated heterocycles. The fourth-order valence-corrected chi connectivity index (χ4v) is 3.72. The first-order valence-corrected chi connectivity index (χ1v) is 8.95. The van der Waals surface area contributed by atoms with Crippen molar-refractivity contribution >= 4 is 39.8 Å². The average molecular weight is 336 g/mol. The van der Waals surface area contributed by atoms with Gasteiger partial charge in [0, 0.05) is 12.2 Å². The predicted octanol–water partition coefficient (Wildman–Crippen LogP) is 3.65. The van der Waals surface area contributed by atoms with Crippen molar-refractivity contribution in [2.24, 2.45) is 0 Å². The Bertz CT molecular complexity index is 612. The van der Waals surface area contributed by atoms with E-state index in [9.17, 15) is 4.79 Å². The molecule has 5 nitrogen and oxygen atoms in total. The summed E-state index contributed by atoms with van der Waals surface area (Å²) in [4.78, 5) is 12.2. The molecule has 7 heteroatoms. The Morgan fingerprint density at radius 2 is 2.00 bits per heavy atom. The third-order valence-electron chi connectivity index (χ3n) is 3.01. The molecule has 1 atom stereocenters. The molecule has 0 aliphatic carbocycles. The summed E-state index contributed by atoms with van der Waals surface area (Å²) in [6, 6.07) is 7.92. The smallest absolute Gasteiger partial charge is 0.237 e. The molecule has 2 aromatic rings. The molecule has 0 radical (unpaired) electrons. The second-order valence-corrected chi connectivity index (χ2v) is 7.27. The molecule has 2 N–H and O–H groups in total. The van der Waals surface area contributed by atoms with Gasteiger partial charge < -0.3 is 10.6 Å². The summed E-state index contributed by atoms with van der Waals surface area (Å²) in [5, 5.41) is 14.7. The van der Waals surface area contributed by atoms with Crippen LogP contribution >= 0.6 is 23.1 Å². The lowest BCUT2D eigenvalue weighted by Gasteiger charge is -2.10. The molecular weight excluding hydrogens is 316 g/mol. The molecule has 0 fully saturated rings. The number of anilines is 2. The van der Waals surface area contributed by atoms with Crippen molar-refractivity contribution in [3.05, 3.63) is 29.8 Å². The van der Waals surface area contributed by atoms with Crippen molar-refractivity contribution in [3.63, 3.8) is 0 Å². The van der Waals surface area contributed by atoms with E-state index in [0.29, 0.717) is 0 Å². The zero-order valence-corrected chi connectivity index (χ0v) is 14.6. The summed E-state index contributed by atoms with van der Waals surface area (Å²) in [5.74, 6) is -0.0329. The number of aryl methyl sites for hydroxylation is 1. The number of nitrogens with zero attached hydrogens (tertiary/aromatic N) is 2. The summed E-state index contributed by atoms with van der Waals surface area (Å²) in [6.07, 6.45) is 0.992. The van der Waals surface area contributed by atoms with Crippen molar-refractivity contribution < 1.29 is 4.79 Å². The summed E-state index contributed by atoms with van der Waals surface area (Å²) in [7, 11) is 0. The Labute approximate surface area is 138 Å². The van der Waals surface area contributed by atoms with Crippen molar-refractivity contribution in [1.29, 1.82) is 0 Å². The van der Waals surface area contributed by atoms with E-state index in [1.54, 1.807) is 0 Å². The number of aromatic nitrogens is 2. The predicted molar refractivity (Wildman–Crippen MR) is 93.8 cm³/mol. The van der Waals surface area contributed by atoms with E-state index >= 15 is 0 Å². The molecule has 118 valence electrons. The van der Waals surface area contributed by atoms with Crippen molar-refractivity contribution in [2.75, 3.05) is 17.2 Å². The highest BCUT2D eigenvalue weighted by atomic mass is 32.2. The number of rotatable bonds is 7. The van der Waals surface area contributed by atoms with Gasteiger partial charge in [-0.05, 0) is 38.0 Å². The van der Waals surface area contributed by atoms with Gasteiger partial charge in [0.2, 0.25) is 11.0 Å². The van der Waals surface area contributed by atoms with Gasteiger partial charge >= 0.3 is 0 Å². The van der Waals surface area contributed by atoms with E-state index in [2.05, 4.69) is 27.8 Å². The molecule has 1 aromatic carbocycles. The second-order valence-electron chi connectivity index (χ2n) is 4.70. The summed E-state index contributed by atoms with van der Waals surface area (Å²) in [6.45, 7) is 6.79. The fourth-order valence-electron chi connectivity index (χ4n) is 1.75. The third-order valence-corrected chi connectivity index (χ3v) is 5.08. The zero-order valence-electron chi connectivity index (χ0n) is 12.9. The van der Waals surface area contributed by atoms with Crippen LogP contribution in [0.25, 0.3) is 0 Å². The van der Waals surface area contributed by atoms with E-state index < -0.39 is 0 Å². The minimum atomic E-state index is -0.228. The molecule has 2 rings (SSSR count). The first-order valence-electron chi connectivity index (χ1n) is 7.26. The van der Waals surface area contributed by atoms with Crippen molar-refractivity contribution in [1.82, 2.24) is 10.2 Å². The largest absolute Gasteiger partial charge is 0.360 e. The lowest BCUT2D eigenvalue weighted by molar-refractivity contribution is -0.115. The van der Waals surface area contributed by atoms with Gasteiger partial charge in [-0.25, -0.2) is 0 Å². The van der Waals surface area contributed by atoms with Gasteiger partial charge in [-0.1, -0.05) is 42.2 Å². The van der Waals surface area contributed by atoms with Crippen molar-refractivity contribution in [3.8, 4) is 0 Å². The van der Waals surface area contributed by atoms with Crippen molar-refractivity contribution in [2.45, 2.75) is 36.8 Å². The van der Waals surface area contributed by atoms with E-state index in [1.165, 1.54) is 28.7 Å². The standard InChI is InChI=1S/C15H20N4OS2/c1-4-11-6-8-12(9-7-11)17-13(20)10(3)21-15-19-18-14(22-15)16-5-2/h6-10H,4-5H2,1-3H3,(H,16,18)(H,17,20). The molecule has 0 aliphatic rings. The van der Waals surface area contributed by atoms with Crippen LogP contribution < -0.4 is 10.6 Å². The van der Waals surface area contributed by atoms with Gasteiger partial charge in [0.1, 0.15) is 0 Å². The first kappa shape index (κ1) is 16.8. The minimum absolute atomic E-state index is 0.0329. The van der Waals surface area contributed by atoms with Crippen LogP contribution in [-0.2, 0) is 11.2 Å². The highest BCUT2D eigenvalue weighted by molar-refractivity contribution is 8.02. The van der Waals surface area contributed by atoms with Crippen LogP contribution in [0.2, 0.25) is 0 Å². The third kappa shape index (κ3) is 4.71. The molecule has 1 aromatic heterocycles. The lowest BCUT2D eigenvalue weighted by Crippen LogP contribution is -2.22. The van der Waals surface area contributed by atoms with E-state index in [-0.39, 0.29) is 11.2 Å². The van der Waals surface area contributed by atoms with Gasteiger partial charge in [0.05, 0.1) is 5.25 Å². The molecule has 0 aliphatic heterocycles. The SMILES string of the molecule is CCNc1nnc(SC(C)C(=O)Nc2ccc(CC)cc2)s1. The number of benzene rings is 1. The first-order chi connectivity index (χ1) is 10.6. The maximum Gasteiger partial charge on any atom is 0.237 e. The number of amides is 1. The van der Waals surface area contributed by atoms with Gasteiger partial charge in [0.25, 0.3) is 0 Å². The summed E-state index contributed by atoms with van der Waals surface area (Å²) in [5.41, 5.74) is 2.07. The van der Waals surface area contributed by atoms with Crippen LogP contribution in [0.4, 0.5) is 10.8 Å². The summed E-state index contributed by atoms with van der Waals surface area (Å²) < 4.78 is 0.792. The van der Waals surface area contributed by atoms with Gasteiger partial charge in [0.15, 0.2) is 4.34 Å². The average Bonchev–Trinajstić information content (AvgIpc) is 2.95. The van der Waals surface area contributed by atoms with Crippen LogP contribution in [0.1, 0.15) is 26.3 Å². The molecule has 1 heterocycles. The number of nitrogens with one attached hydrogen (secondary N) is 2. The van der Waals surface area contributed by atoms with E-state index in [1.807, 2.05) is 38.1 Å². The molecule has 22 heavy (non-hydrogen) atoms. The van der Waals surface area contributed by atoms with E-state index in [0.717, 1.165) is 28.1 Å². The van der Waals surface area contributed by atoms with Gasteiger partial charge in [-0.15, -0.1) is 10.2 Å².